The zero-order valence-electron chi connectivity index (χ0n) is 18.0. The van der Waals surface area contributed by atoms with Gasteiger partial charge in [0, 0.05) is 45.2 Å². The van der Waals surface area contributed by atoms with Crippen LogP contribution in [0.25, 0.3) is 0 Å². The van der Waals surface area contributed by atoms with Gasteiger partial charge in [-0.15, -0.1) is 24.0 Å². The Morgan fingerprint density at radius 1 is 1.17 bits per heavy atom. The van der Waals surface area contributed by atoms with Crippen LogP contribution in [-0.4, -0.2) is 69.9 Å². The highest BCUT2D eigenvalue weighted by molar-refractivity contribution is 14.0. The van der Waals surface area contributed by atoms with Crippen LogP contribution in [0, 0.1) is 5.92 Å². The first kappa shape index (κ1) is 24.2. The molecule has 2 aliphatic rings. The second-order valence-corrected chi connectivity index (χ2v) is 8.14. The van der Waals surface area contributed by atoms with Crippen molar-refractivity contribution < 1.29 is 9.47 Å². The van der Waals surface area contributed by atoms with Crippen molar-refractivity contribution in [1.82, 2.24) is 15.5 Å². The number of fused-ring (bicyclic) bond motifs is 1. The summed E-state index contributed by atoms with van der Waals surface area (Å²) in [6.45, 7) is 10.9. The largest absolute Gasteiger partial charge is 0.493 e. The summed E-state index contributed by atoms with van der Waals surface area (Å²) in [7, 11) is 1.85. The lowest BCUT2D eigenvalue weighted by Gasteiger charge is -2.36. The number of ether oxygens (including phenoxy) is 2. The zero-order chi connectivity index (χ0) is 19.8. The monoisotopic (exact) mass is 516 g/mol. The normalized spacial score (nSPS) is 21.0. The van der Waals surface area contributed by atoms with E-state index >= 15 is 0 Å². The van der Waals surface area contributed by atoms with Gasteiger partial charge in [-0.25, -0.2) is 0 Å². The van der Waals surface area contributed by atoms with Gasteiger partial charge in [-0.2, -0.15) is 0 Å². The number of nitrogens with one attached hydrogen (secondary N) is 2. The van der Waals surface area contributed by atoms with Crippen LogP contribution in [-0.2, 0) is 4.74 Å². The number of halogens is 1. The van der Waals surface area contributed by atoms with Crippen LogP contribution in [0.3, 0.4) is 0 Å². The number of hydrogen-bond donors (Lipinski definition) is 2. The molecule has 3 rings (SSSR count). The molecule has 0 amide bonds. The second-order valence-electron chi connectivity index (χ2n) is 8.14. The number of rotatable bonds is 7. The van der Waals surface area contributed by atoms with E-state index in [0.717, 1.165) is 64.1 Å². The van der Waals surface area contributed by atoms with E-state index < -0.39 is 0 Å². The van der Waals surface area contributed by atoms with Crippen LogP contribution in [0.15, 0.2) is 29.3 Å². The van der Waals surface area contributed by atoms with Crippen LogP contribution in [0.4, 0.5) is 0 Å². The molecule has 1 aromatic carbocycles. The third kappa shape index (κ3) is 7.29. The van der Waals surface area contributed by atoms with Crippen molar-refractivity contribution >= 4 is 29.9 Å². The van der Waals surface area contributed by atoms with E-state index in [-0.39, 0.29) is 24.0 Å². The van der Waals surface area contributed by atoms with E-state index in [2.05, 4.69) is 52.6 Å². The summed E-state index contributed by atoms with van der Waals surface area (Å²) in [6.07, 6.45) is 2.21. The average molecular weight is 516 g/mol. The highest BCUT2D eigenvalue weighted by atomic mass is 127. The second kappa shape index (κ2) is 12.6. The molecule has 0 aliphatic carbocycles. The summed E-state index contributed by atoms with van der Waals surface area (Å²) in [4.78, 5) is 7.00. The quantitative estimate of drug-likeness (QED) is 0.332. The molecule has 0 radical (unpaired) electrons. The Hall–Kier alpha value is -1.06. The van der Waals surface area contributed by atoms with Gasteiger partial charge in [0.2, 0.25) is 0 Å². The van der Waals surface area contributed by atoms with Gasteiger partial charge < -0.3 is 20.1 Å². The van der Waals surface area contributed by atoms with Crippen LogP contribution in [0.1, 0.15) is 38.2 Å². The van der Waals surface area contributed by atoms with Gasteiger partial charge in [0.25, 0.3) is 0 Å². The van der Waals surface area contributed by atoms with Crippen LogP contribution >= 0.6 is 24.0 Å². The van der Waals surface area contributed by atoms with Gasteiger partial charge in [-0.05, 0) is 30.4 Å². The molecule has 1 saturated heterocycles. The maximum absolute atomic E-state index is 5.78. The van der Waals surface area contributed by atoms with E-state index in [0.29, 0.717) is 17.9 Å². The number of guanidine groups is 1. The SMILES string of the molecule is CN=C(NCC1CCOc2ccccc21)NCC(CC(C)C)N1CCOCC1.I. The first-order valence-electron chi connectivity index (χ1n) is 10.7. The number of hydrogen-bond acceptors (Lipinski definition) is 4. The summed E-state index contributed by atoms with van der Waals surface area (Å²) in [5.41, 5.74) is 1.29. The van der Waals surface area contributed by atoms with Crippen LogP contribution in [0.5, 0.6) is 5.75 Å². The van der Waals surface area contributed by atoms with Crippen LogP contribution in [0.2, 0.25) is 0 Å². The molecule has 29 heavy (non-hydrogen) atoms. The molecule has 0 spiro atoms. The summed E-state index contributed by atoms with van der Waals surface area (Å²) in [5.74, 6) is 3.02. The Morgan fingerprint density at radius 3 is 2.66 bits per heavy atom. The molecule has 0 bridgehead atoms. The van der Waals surface area contributed by atoms with Crippen molar-refractivity contribution in [3.63, 3.8) is 0 Å². The molecule has 0 aromatic heterocycles. The molecule has 2 N–H and O–H groups in total. The number of aliphatic imine (C=N–C) groups is 1. The molecule has 2 aliphatic heterocycles. The molecule has 2 heterocycles. The van der Waals surface area contributed by atoms with E-state index in [9.17, 15) is 0 Å². The molecular weight excluding hydrogens is 479 g/mol. The summed E-state index contributed by atoms with van der Waals surface area (Å²) < 4.78 is 11.3. The van der Waals surface area contributed by atoms with E-state index in [1.807, 2.05) is 13.1 Å². The Kier molecular flexibility index (Phi) is 10.5. The zero-order valence-corrected chi connectivity index (χ0v) is 20.4. The summed E-state index contributed by atoms with van der Waals surface area (Å²) in [6, 6.07) is 8.87. The smallest absolute Gasteiger partial charge is 0.191 e. The topological polar surface area (TPSA) is 58.1 Å². The Morgan fingerprint density at radius 2 is 1.93 bits per heavy atom. The number of benzene rings is 1. The molecule has 0 saturated carbocycles. The molecule has 1 aromatic rings. The van der Waals surface area contributed by atoms with E-state index in [1.54, 1.807) is 0 Å². The van der Waals surface area contributed by atoms with Crippen molar-refractivity contribution in [2.75, 3.05) is 53.0 Å². The fraction of sp³-hybridized carbons (Fsp3) is 0.682. The maximum Gasteiger partial charge on any atom is 0.191 e. The highest BCUT2D eigenvalue weighted by Crippen LogP contribution is 2.32. The lowest BCUT2D eigenvalue weighted by atomic mass is 9.93. The van der Waals surface area contributed by atoms with Crippen molar-refractivity contribution in [1.29, 1.82) is 0 Å². The predicted molar refractivity (Wildman–Crippen MR) is 130 cm³/mol. The average Bonchev–Trinajstić information content (AvgIpc) is 2.73. The van der Waals surface area contributed by atoms with Gasteiger partial charge >= 0.3 is 0 Å². The Bertz CT molecular complexity index is 635. The third-order valence-corrected chi connectivity index (χ3v) is 5.63. The number of morpholine rings is 1. The van der Waals surface area contributed by atoms with Crippen LogP contribution < -0.4 is 15.4 Å². The minimum atomic E-state index is 0. The molecule has 1 fully saturated rings. The molecule has 164 valence electrons. The first-order valence-corrected chi connectivity index (χ1v) is 10.7. The fourth-order valence-electron chi connectivity index (χ4n) is 4.13. The third-order valence-electron chi connectivity index (χ3n) is 5.63. The highest BCUT2D eigenvalue weighted by Gasteiger charge is 2.23. The molecule has 2 unspecified atom stereocenters. The minimum Gasteiger partial charge on any atom is -0.493 e. The molecule has 7 heteroatoms. The lowest BCUT2D eigenvalue weighted by Crippen LogP contribution is -2.51. The first-order chi connectivity index (χ1) is 13.7. The van der Waals surface area contributed by atoms with Crippen molar-refractivity contribution in [2.24, 2.45) is 10.9 Å². The fourth-order valence-corrected chi connectivity index (χ4v) is 4.13. The van der Waals surface area contributed by atoms with Gasteiger partial charge in [0.15, 0.2) is 5.96 Å². The maximum atomic E-state index is 5.78. The van der Waals surface area contributed by atoms with Crippen molar-refractivity contribution in [3.8, 4) is 5.75 Å². The Balaban J connectivity index is 0.00000300. The van der Waals surface area contributed by atoms with E-state index in [4.69, 9.17) is 9.47 Å². The van der Waals surface area contributed by atoms with Crippen molar-refractivity contribution in [3.05, 3.63) is 29.8 Å². The van der Waals surface area contributed by atoms with Gasteiger partial charge in [-0.1, -0.05) is 32.0 Å². The minimum absolute atomic E-state index is 0. The molecule has 2 atom stereocenters. The summed E-state index contributed by atoms with van der Waals surface area (Å²) in [5, 5.41) is 7.09. The van der Waals surface area contributed by atoms with Gasteiger partial charge in [-0.3, -0.25) is 9.89 Å². The predicted octanol–water partition coefficient (Wildman–Crippen LogP) is 3.08. The number of para-hydroxylation sites is 1. The van der Waals surface area contributed by atoms with Crippen molar-refractivity contribution in [2.45, 2.75) is 38.6 Å². The molecule has 6 nitrogen and oxygen atoms in total. The number of nitrogens with zero attached hydrogens (tertiary/aromatic N) is 2. The van der Waals surface area contributed by atoms with Gasteiger partial charge in [0.05, 0.1) is 19.8 Å². The lowest BCUT2D eigenvalue weighted by molar-refractivity contribution is 0.0132. The van der Waals surface area contributed by atoms with Gasteiger partial charge in [0.1, 0.15) is 5.75 Å². The standard InChI is InChI=1S/C22H36N4O2.HI/c1-17(2)14-19(26-9-12-27-13-10-26)16-25-22(23-3)24-15-18-8-11-28-21-7-5-4-6-20(18)21;/h4-7,17-19H,8-16H2,1-3H3,(H2,23,24,25);1H. The molecular formula is C22H37IN4O2. The summed E-state index contributed by atoms with van der Waals surface area (Å²) >= 11 is 0. The Labute approximate surface area is 192 Å². The van der Waals surface area contributed by atoms with E-state index in [1.165, 1.54) is 12.0 Å².